The molecule has 0 spiro atoms. The van der Waals surface area contributed by atoms with Gasteiger partial charge >= 0.3 is 12.1 Å². The number of carbonyl (C=O) groups excluding carboxylic acids is 2. The fourth-order valence-electron chi connectivity index (χ4n) is 1.47. The molecule has 122 valence electrons. The predicted octanol–water partition coefficient (Wildman–Crippen LogP) is 2.03. The highest BCUT2D eigenvalue weighted by atomic mass is 32.2. The van der Waals surface area contributed by atoms with E-state index in [-0.39, 0.29) is 0 Å². The lowest BCUT2D eigenvalue weighted by Gasteiger charge is -2.22. The molecule has 1 unspecified atom stereocenters. The summed E-state index contributed by atoms with van der Waals surface area (Å²) in [5.74, 6) is 0.0417. The second kappa shape index (κ2) is 8.57. The molecule has 0 bridgehead atoms. The van der Waals surface area contributed by atoms with Crippen LogP contribution >= 0.6 is 11.8 Å². The fourth-order valence-corrected chi connectivity index (χ4v) is 2.28. The predicted molar refractivity (Wildman–Crippen MR) is 82.5 cm³/mol. The minimum Gasteiger partial charge on any atom is -0.467 e. The molecule has 7 nitrogen and oxygen atoms in total. The number of amides is 1. The van der Waals surface area contributed by atoms with Crippen molar-refractivity contribution in [3.63, 3.8) is 0 Å². The van der Waals surface area contributed by atoms with Gasteiger partial charge in [0.05, 0.1) is 7.11 Å². The van der Waals surface area contributed by atoms with Crippen LogP contribution in [0.5, 0.6) is 0 Å². The summed E-state index contributed by atoms with van der Waals surface area (Å²) in [4.78, 5) is 31.6. The number of alkyl carbamates (subject to hydrolysis) is 1. The number of aromatic nitrogens is 2. The van der Waals surface area contributed by atoms with Crippen LogP contribution in [-0.4, -0.2) is 46.5 Å². The minimum absolute atomic E-state index is 0.384. The summed E-state index contributed by atoms with van der Waals surface area (Å²) >= 11 is 1.39. The standard InChI is InChI=1S/C14H21N3O4S/c1-14(2,3)21-13(19)17-10(11(18)20-4)6-9-22-12-15-7-5-8-16-12/h5,7-8,10H,6,9H2,1-4H3,(H,17,19). The van der Waals surface area contributed by atoms with Crippen molar-refractivity contribution in [3.05, 3.63) is 18.5 Å². The maximum Gasteiger partial charge on any atom is 0.408 e. The number of carbonyl (C=O) groups is 2. The number of esters is 1. The normalized spacial score (nSPS) is 12.4. The molecular weight excluding hydrogens is 306 g/mol. The summed E-state index contributed by atoms with van der Waals surface area (Å²) in [5, 5.41) is 3.13. The molecule has 1 atom stereocenters. The number of nitrogens with zero attached hydrogens (tertiary/aromatic N) is 2. The first-order valence-corrected chi connectivity index (χ1v) is 7.77. The molecular formula is C14H21N3O4S. The molecule has 1 aromatic heterocycles. The van der Waals surface area contributed by atoms with Crippen molar-refractivity contribution in [2.45, 2.75) is 44.0 Å². The summed E-state index contributed by atoms with van der Waals surface area (Å²) in [7, 11) is 1.28. The van der Waals surface area contributed by atoms with Crippen LogP contribution in [-0.2, 0) is 14.3 Å². The van der Waals surface area contributed by atoms with Gasteiger partial charge < -0.3 is 14.8 Å². The summed E-state index contributed by atoms with van der Waals surface area (Å²) in [6, 6.07) is 0.960. The third-order valence-corrected chi connectivity index (χ3v) is 3.27. The maximum atomic E-state index is 11.8. The van der Waals surface area contributed by atoms with Crippen LogP contribution in [0, 0.1) is 0 Å². The van der Waals surface area contributed by atoms with E-state index in [4.69, 9.17) is 9.47 Å². The van der Waals surface area contributed by atoms with E-state index in [1.165, 1.54) is 18.9 Å². The first kappa shape index (κ1) is 18.2. The van der Waals surface area contributed by atoms with Crippen molar-refractivity contribution in [1.29, 1.82) is 0 Å². The lowest BCUT2D eigenvalue weighted by atomic mass is 10.2. The third-order valence-electron chi connectivity index (χ3n) is 2.36. The van der Waals surface area contributed by atoms with Crippen molar-refractivity contribution in [2.75, 3.05) is 12.9 Å². The van der Waals surface area contributed by atoms with Gasteiger partial charge in [-0.05, 0) is 33.3 Å². The molecule has 0 aliphatic carbocycles. The maximum absolute atomic E-state index is 11.8. The molecule has 0 aliphatic rings. The van der Waals surface area contributed by atoms with Crippen molar-refractivity contribution in [3.8, 4) is 0 Å². The molecule has 1 amide bonds. The number of hydrogen-bond acceptors (Lipinski definition) is 7. The Kier molecular flexibility index (Phi) is 7.10. The average molecular weight is 327 g/mol. The van der Waals surface area contributed by atoms with E-state index in [0.717, 1.165) is 0 Å². The summed E-state index contributed by atoms with van der Waals surface area (Å²) in [5.41, 5.74) is -0.628. The van der Waals surface area contributed by atoms with Crippen molar-refractivity contribution < 1.29 is 19.1 Å². The van der Waals surface area contributed by atoms with Crippen molar-refractivity contribution in [1.82, 2.24) is 15.3 Å². The van der Waals surface area contributed by atoms with Crippen LogP contribution in [0.15, 0.2) is 23.6 Å². The first-order valence-electron chi connectivity index (χ1n) is 6.79. The van der Waals surface area contributed by atoms with Gasteiger partial charge in [0.15, 0.2) is 5.16 Å². The Morgan fingerprint density at radius 1 is 1.32 bits per heavy atom. The number of methoxy groups -OCH3 is 1. The average Bonchev–Trinajstić information content (AvgIpc) is 2.44. The second-order valence-corrected chi connectivity index (χ2v) is 6.45. The first-order chi connectivity index (χ1) is 10.3. The van der Waals surface area contributed by atoms with Gasteiger partial charge in [-0.3, -0.25) is 0 Å². The zero-order chi connectivity index (χ0) is 16.6. The van der Waals surface area contributed by atoms with Crippen LogP contribution < -0.4 is 5.32 Å². The van der Waals surface area contributed by atoms with E-state index in [0.29, 0.717) is 17.3 Å². The van der Waals surface area contributed by atoms with E-state index in [9.17, 15) is 9.59 Å². The number of ether oxygens (including phenoxy) is 2. The van der Waals surface area contributed by atoms with E-state index < -0.39 is 23.7 Å². The molecule has 1 heterocycles. The quantitative estimate of drug-likeness (QED) is 0.485. The summed E-state index contributed by atoms with van der Waals surface area (Å²) < 4.78 is 9.83. The minimum atomic E-state index is -0.768. The second-order valence-electron chi connectivity index (χ2n) is 5.39. The highest BCUT2D eigenvalue weighted by Crippen LogP contribution is 2.14. The van der Waals surface area contributed by atoms with Crippen molar-refractivity contribution in [2.24, 2.45) is 0 Å². The van der Waals surface area contributed by atoms with Gasteiger partial charge in [-0.1, -0.05) is 11.8 Å². The van der Waals surface area contributed by atoms with Crippen molar-refractivity contribution >= 4 is 23.8 Å². The molecule has 22 heavy (non-hydrogen) atoms. The Labute approximate surface area is 134 Å². The van der Waals surface area contributed by atoms with Gasteiger partial charge in [-0.25, -0.2) is 19.6 Å². The van der Waals surface area contributed by atoms with Gasteiger partial charge in [0.25, 0.3) is 0 Å². The smallest absolute Gasteiger partial charge is 0.408 e. The van der Waals surface area contributed by atoms with Gasteiger partial charge in [0, 0.05) is 18.1 Å². The zero-order valence-electron chi connectivity index (χ0n) is 13.2. The Morgan fingerprint density at radius 3 is 2.50 bits per heavy atom. The Bertz CT molecular complexity index is 491. The molecule has 8 heteroatoms. The van der Waals surface area contributed by atoms with Crippen LogP contribution in [0.3, 0.4) is 0 Å². The highest BCUT2D eigenvalue weighted by molar-refractivity contribution is 7.99. The molecule has 0 aromatic carbocycles. The van der Waals surface area contributed by atoms with Gasteiger partial charge in [-0.2, -0.15) is 0 Å². The van der Waals surface area contributed by atoms with E-state index in [1.54, 1.807) is 39.2 Å². The number of nitrogens with one attached hydrogen (secondary N) is 1. The molecule has 1 rings (SSSR count). The molecule has 1 aromatic rings. The molecule has 0 saturated heterocycles. The van der Waals surface area contributed by atoms with E-state index in [2.05, 4.69) is 15.3 Å². The molecule has 1 N–H and O–H groups in total. The number of hydrogen-bond donors (Lipinski definition) is 1. The summed E-state index contributed by atoms with van der Waals surface area (Å²) in [6.07, 6.45) is 3.02. The van der Waals surface area contributed by atoms with Crippen LogP contribution in [0.2, 0.25) is 0 Å². The largest absolute Gasteiger partial charge is 0.467 e. The highest BCUT2D eigenvalue weighted by Gasteiger charge is 2.24. The molecule has 0 saturated carbocycles. The van der Waals surface area contributed by atoms with Crippen LogP contribution in [0.1, 0.15) is 27.2 Å². The Morgan fingerprint density at radius 2 is 1.95 bits per heavy atom. The lowest BCUT2D eigenvalue weighted by Crippen LogP contribution is -2.44. The van der Waals surface area contributed by atoms with E-state index >= 15 is 0 Å². The molecule has 0 radical (unpaired) electrons. The molecule has 0 aliphatic heterocycles. The van der Waals surface area contributed by atoms with Crippen LogP contribution in [0.25, 0.3) is 0 Å². The van der Waals surface area contributed by atoms with E-state index in [1.807, 2.05) is 0 Å². The molecule has 0 fully saturated rings. The topological polar surface area (TPSA) is 90.4 Å². The number of rotatable bonds is 6. The third kappa shape index (κ3) is 7.26. The summed E-state index contributed by atoms with van der Waals surface area (Å²) in [6.45, 7) is 5.26. The van der Waals surface area contributed by atoms with Gasteiger partial charge in [-0.15, -0.1) is 0 Å². The van der Waals surface area contributed by atoms with Gasteiger partial charge in [0.2, 0.25) is 0 Å². The lowest BCUT2D eigenvalue weighted by molar-refractivity contribution is -0.143. The van der Waals surface area contributed by atoms with Gasteiger partial charge in [0.1, 0.15) is 11.6 Å². The fraction of sp³-hybridized carbons (Fsp3) is 0.571. The zero-order valence-corrected chi connectivity index (χ0v) is 14.0. The Hall–Kier alpha value is -1.83. The monoisotopic (exact) mass is 327 g/mol. The SMILES string of the molecule is COC(=O)C(CCSc1ncccn1)NC(=O)OC(C)(C)C. The Balaban J connectivity index is 2.50. The number of thioether (sulfide) groups is 1. The van der Waals surface area contributed by atoms with Crippen LogP contribution in [0.4, 0.5) is 4.79 Å².